The summed E-state index contributed by atoms with van der Waals surface area (Å²) in [5.74, 6) is 0.523. The molecule has 0 saturated carbocycles. The summed E-state index contributed by atoms with van der Waals surface area (Å²) in [5.41, 5.74) is 0.953. The second-order valence-corrected chi connectivity index (χ2v) is 5.08. The standard InChI is InChI=1S/C10H11FO.C7H6BrFO/c1-3-4-8-5-6-9(11)7-10(8)12-2;1-10-7-4-5(9)2-3-6(7)8/h3,5-7H,1,4H2,2H3;2-4H,1H3. The lowest BCUT2D eigenvalue weighted by Gasteiger charge is -2.05. The van der Waals surface area contributed by atoms with Gasteiger partial charge in [0.1, 0.15) is 23.1 Å². The number of benzene rings is 2. The zero-order chi connectivity index (χ0) is 16.5. The number of ether oxygens (including phenoxy) is 2. The Morgan fingerprint density at radius 2 is 1.55 bits per heavy atom. The molecule has 0 heterocycles. The van der Waals surface area contributed by atoms with Crippen LogP contribution >= 0.6 is 15.9 Å². The molecular weight excluding hydrogens is 354 g/mol. The maximum atomic E-state index is 12.7. The van der Waals surface area contributed by atoms with Crippen molar-refractivity contribution in [3.63, 3.8) is 0 Å². The predicted octanol–water partition coefficient (Wildman–Crippen LogP) is 5.16. The summed E-state index contributed by atoms with van der Waals surface area (Å²) < 4.78 is 35.7. The number of halogens is 3. The summed E-state index contributed by atoms with van der Waals surface area (Å²) >= 11 is 3.20. The highest BCUT2D eigenvalue weighted by Crippen LogP contribution is 2.24. The van der Waals surface area contributed by atoms with Gasteiger partial charge in [-0.25, -0.2) is 8.78 Å². The third kappa shape index (κ3) is 5.48. The summed E-state index contributed by atoms with van der Waals surface area (Å²) in [7, 11) is 3.03. The molecule has 2 aromatic carbocycles. The monoisotopic (exact) mass is 370 g/mol. The van der Waals surface area contributed by atoms with Crippen molar-refractivity contribution in [2.45, 2.75) is 6.42 Å². The number of hydrogen-bond donors (Lipinski definition) is 0. The van der Waals surface area contributed by atoms with Gasteiger partial charge in [0.25, 0.3) is 0 Å². The topological polar surface area (TPSA) is 18.5 Å². The molecule has 0 aliphatic heterocycles. The summed E-state index contributed by atoms with van der Waals surface area (Å²) in [6.45, 7) is 3.60. The van der Waals surface area contributed by atoms with Crippen LogP contribution in [0.25, 0.3) is 0 Å². The van der Waals surface area contributed by atoms with Crippen LogP contribution in [0.3, 0.4) is 0 Å². The average Bonchev–Trinajstić information content (AvgIpc) is 2.52. The molecule has 2 nitrogen and oxygen atoms in total. The molecule has 5 heteroatoms. The SMILES string of the molecule is C=CCc1ccc(F)cc1OC.COc1cc(F)ccc1Br. The van der Waals surface area contributed by atoms with Crippen molar-refractivity contribution < 1.29 is 18.3 Å². The van der Waals surface area contributed by atoms with Crippen LogP contribution in [0.15, 0.2) is 53.5 Å². The lowest BCUT2D eigenvalue weighted by Crippen LogP contribution is -1.91. The molecule has 0 N–H and O–H groups in total. The molecule has 2 aromatic rings. The Bertz CT molecular complexity index is 630. The van der Waals surface area contributed by atoms with Crippen LogP contribution in [0, 0.1) is 11.6 Å². The summed E-state index contributed by atoms with van der Waals surface area (Å²) in [4.78, 5) is 0. The second-order valence-electron chi connectivity index (χ2n) is 4.23. The third-order valence-corrected chi connectivity index (χ3v) is 3.38. The van der Waals surface area contributed by atoms with Crippen molar-refractivity contribution in [2.24, 2.45) is 0 Å². The van der Waals surface area contributed by atoms with E-state index in [1.807, 2.05) is 0 Å². The smallest absolute Gasteiger partial charge is 0.135 e. The molecule has 0 aliphatic carbocycles. The summed E-state index contributed by atoms with van der Waals surface area (Å²) in [5, 5.41) is 0. The minimum Gasteiger partial charge on any atom is -0.496 e. The van der Waals surface area contributed by atoms with E-state index in [0.29, 0.717) is 17.9 Å². The van der Waals surface area contributed by atoms with Gasteiger partial charge in [0.2, 0.25) is 0 Å². The van der Waals surface area contributed by atoms with E-state index in [0.717, 1.165) is 10.0 Å². The maximum absolute atomic E-state index is 12.7. The van der Waals surface area contributed by atoms with E-state index < -0.39 is 0 Å². The first kappa shape index (κ1) is 18.2. The van der Waals surface area contributed by atoms with Gasteiger partial charge in [0, 0.05) is 12.1 Å². The molecule has 0 atom stereocenters. The fraction of sp³-hybridized carbons (Fsp3) is 0.176. The Hall–Kier alpha value is -1.88. The zero-order valence-corrected chi connectivity index (χ0v) is 14.0. The third-order valence-electron chi connectivity index (χ3n) is 2.73. The Morgan fingerprint density at radius 3 is 2.05 bits per heavy atom. The fourth-order valence-electron chi connectivity index (χ4n) is 1.68. The number of hydrogen-bond acceptors (Lipinski definition) is 2. The first-order valence-corrected chi connectivity index (χ1v) is 7.23. The van der Waals surface area contributed by atoms with E-state index in [-0.39, 0.29) is 11.6 Å². The van der Waals surface area contributed by atoms with E-state index in [2.05, 4.69) is 22.5 Å². The molecule has 0 spiro atoms. The van der Waals surface area contributed by atoms with Crippen molar-refractivity contribution in [3.05, 3.63) is 70.7 Å². The van der Waals surface area contributed by atoms with Crippen molar-refractivity contribution in [1.82, 2.24) is 0 Å². The zero-order valence-electron chi connectivity index (χ0n) is 12.4. The molecule has 0 aliphatic rings. The lowest BCUT2D eigenvalue weighted by molar-refractivity contribution is 0.407. The average molecular weight is 371 g/mol. The van der Waals surface area contributed by atoms with E-state index in [1.54, 1.807) is 18.2 Å². The predicted molar refractivity (Wildman–Crippen MR) is 87.5 cm³/mol. The Labute approximate surface area is 137 Å². The van der Waals surface area contributed by atoms with Gasteiger partial charge in [-0.1, -0.05) is 12.1 Å². The maximum Gasteiger partial charge on any atom is 0.135 e. The Balaban J connectivity index is 0.000000224. The molecule has 118 valence electrons. The van der Waals surface area contributed by atoms with Gasteiger partial charge < -0.3 is 9.47 Å². The van der Waals surface area contributed by atoms with Crippen LogP contribution in [-0.2, 0) is 6.42 Å². The van der Waals surface area contributed by atoms with E-state index in [9.17, 15) is 8.78 Å². The van der Waals surface area contributed by atoms with Gasteiger partial charge >= 0.3 is 0 Å². The van der Waals surface area contributed by atoms with Crippen LogP contribution < -0.4 is 9.47 Å². The van der Waals surface area contributed by atoms with Crippen molar-refractivity contribution in [1.29, 1.82) is 0 Å². The number of allylic oxidation sites excluding steroid dienone is 1. The van der Waals surface area contributed by atoms with Crippen LogP contribution in [0.5, 0.6) is 11.5 Å². The number of rotatable bonds is 4. The molecule has 0 fully saturated rings. The van der Waals surface area contributed by atoms with E-state index >= 15 is 0 Å². The van der Waals surface area contributed by atoms with Gasteiger partial charge in [0.05, 0.1) is 18.7 Å². The van der Waals surface area contributed by atoms with Crippen molar-refractivity contribution in [2.75, 3.05) is 14.2 Å². The van der Waals surface area contributed by atoms with Crippen molar-refractivity contribution in [3.8, 4) is 11.5 Å². The highest BCUT2D eigenvalue weighted by Gasteiger charge is 2.01. The molecule has 0 unspecified atom stereocenters. The van der Waals surface area contributed by atoms with Crippen LogP contribution in [0.1, 0.15) is 5.56 Å². The van der Waals surface area contributed by atoms with E-state index in [4.69, 9.17) is 9.47 Å². The molecule has 0 saturated heterocycles. The molecule has 0 bridgehead atoms. The van der Waals surface area contributed by atoms with Gasteiger partial charge in [-0.2, -0.15) is 0 Å². The largest absolute Gasteiger partial charge is 0.496 e. The lowest BCUT2D eigenvalue weighted by atomic mass is 10.1. The minimum absolute atomic E-state index is 0.278. The van der Waals surface area contributed by atoms with Gasteiger partial charge in [0.15, 0.2) is 0 Å². The quantitative estimate of drug-likeness (QED) is 0.692. The van der Waals surface area contributed by atoms with Crippen LogP contribution in [0.4, 0.5) is 8.78 Å². The highest BCUT2D eigenvalue weighted by molar-refractivity contribution is 9.10. The number of methoxy groups -OCH3 is 2. The highest BCUT2D eigenvalue weighted by atomic mass is 79.9. The van der Waals surface area contributed by atoms with Gasteiger partial charge in [-0.3, -0.25) is 0 Å². The van der Waals surface area contributed by atoms with Crippen LogP contribution in [-0.4, -0.2) is 14.2 Å². The van der Waals surface area contributed by atoms with Crippen molar-refractivity contribution >= 4 is 15.9 Å². The molecule has 0 amide bonds. The second kappa shape index (κ2) is 9.20. The Morgan fingerprint density at radius 1 is 1.00 bits per heavy atom. The first-order chi connectivity index (χ1) is 10.5. The summed E-state index contributed by atoms with van der Waals surface area (Å²) in [6.07, 6.45) is 2.46. The first-order valence-electron chi connectivity index (χ1n) is 6.44. The fourth-order valence-corrected chi connectivity index (χ4v) is 2.08. The molecule has 22 heavy (non-hydrogen) atoms. The molecule has 0 aromatic heterocycles. The van der Waals surface area contributed by atoms with Gasteiger partial charge in [-0.05, 0) is 46.1 Å². The van der Waals surface area contributed by atoms with E-state index in [1.165, 1.54) is 38.5 Å². The summed E-state index contributed by atoms with van der Waals surface area (Å²) in [6, 6.07) is 8.79. The molecule has 0 radical (unpaired) electrons. The molecular formula is C17H17BrF2O2. The normalized spacial score (nSPS) is 9.50. The van der Waals surface area contributed by atoms with Gasteiger partial charge in [-0.15, -0.1) is 6.58 Å². The minimum atomic E-state index is -0.292. The Kier molecular flexibility index (Phi) is 7.60. The molecule has 2 rings (SSSR count). The van der Waals surface area contributed by atoms with Crippen LogP contribution in [0.2, 0.25) is 0 Å².